The maximum atomic E-state index is 5.77. The molecule has 2 heterocycles. The molecule has 6 heteroatoms. The van der Waals surface area contributed by atoms with Crippen LogP contribution in [-0.2, 0) is 17.8 Å². The molecule has 6 nitrogen and oxygen atoms in total. The molecule has 0 amide bonds. The Morgan fingerprint density at radius 2 is 2.26 bits per heavy atom. The Morgan fingerprint density at radius 3 is 2.95 bits per heavy atom. The fourth-order valence-corrected chi connectivity index (χ4v) is 2.51. The fourth-order valence-electron chi connectivity index (χ4n) is 2.51. The lowest BCUT2D eigenvalue weighted by Gasteiger charge is -2.36. The van der Waals surface area contributed by atoms with Crippen molar-refractivity contribution in [2.45, 2.75) is 46.1 Å². The molecule has 1 saturated heterocycles. The predicted molar refractivity (Wildman–Crippen MR) is 73.5 cm³/mol. The van der Waals surface area contributed by atoms with Crippen LogP contribution in [0.25, 0.3) is 0 Å². The third-order valence-corrected chi connectivity index (χ3v) is 3.26. The van der Waals surface area contributed by atoms with Gasteiger partial charge in [0, 0.05) is 26.2 Å². The lowest BCUT2D eigenvalue weighted by atomic mass is 10.2. The lowest BCUT2D eigenvalue weighted by Crippen LogP contribution is -2.49. The molecule has 0 bridgehead atoms. The van der Waals surface area contributed by atoms with E-state index >= 15 is 0 Å². The van der Waals surface area contributed by atoms with E-state index in [0.717, 1.165) is 32.0 Å². The van der Waals surface area contributed by atoms with Crippen molar-refractivity contribution >= 4 is 0 Å². The number of aromatic nitrogens is 3. The second kappa shape index (κ2) is 6.45. The van der Waals surface area contributed by atoms with Gasteiger partial charge >= 0.3 is 0 Å². The number of ether oxygens (including phenoxy) is 1. The molecule has 108 valence electrons. The van der Waals surface area contributed by atoms with E-state index in [2.05, 4.69) is 35.8 Å². The topological polar surface area (TPSA) is 69.2 Å². The summed E-state index contributed by atoms with van der Waals surface area (Å²) in [5, 5.41) is 4.30. The number of hydrogen-bond acceptors (Lipinski definition) is 5. The van der Waals surface area contributed by atoms with Crippen molar-refractivity contribution in [3.05, 3.63) is 12.2 Å². The monoisotopic (exact) mass is 267 g/mol. The van der Waals surface area contributed by atoms with Crippen LogP contribution in [0.2, 0.25) is 0 Å². The molecule has 2 N–H and O–H groups in total. The van der Waals surface area contributed by atoms with Crippen LogP contribution in [0, 0.1) is 5.92 Å². The second-order valence-electron chi connectivity index (χ2n) is 5.75. The van der Waals surface area contributed by atoms with Gasteiger partial charge in [-0.1, -0.05) is 13.8 Å². The van der Waals surface area contributed by atoms with Gasteiger partial charge in [-0.15, -0.1) is 0 Å². The summed E-state index contributed by atoms with van der Waals surface area (Å²) >= 11 is 0. The Bertz CT molecular complexity index is 392. The Hall–Kier alpha value is -0.980. The molecular formula is C13H25N5O. The molecule has 0 radical (unpaired) electrons. The Morgan fingerprint density at radius 1 is 1.47 bits per heavy atom. The largest absolute Gasteiger partial charge is 0.371 e. The first kappa shape index (κ1) is 14.4. The molecule has 0 aromatic carbocycles. The molecule has 2 unspecified atom stereocenters. The molecule has 1 aromatic heterocycles. The SMILES string of the molecule is CC(C)Cn1ncnc1CN1CC(C)OC(CN)C1. The molecule has 0 saturated carbocycles. The predicted octanol–water partition coefficient (Wildman–Crippen LogP) is 0.482. The van der Waals surface area contributed by atoms with E-state index in [1.54, 1.807) is 6.33 Å². The highest BCUT2D eigenvalue weighted by Gasteiger charge is 2.25. The van der Waals surface area contributed by atoms with Crippen LogP contribution in [0.3, 0.4) is 0 Å². The van der Waals surface area contributed by atoms with Crippen LogP contribution in [0.15, 0.2) is 6.33 Å². The molecule has 2 atom stereocenters. The van der Waals surface area contributed by atoms with Crippen molar-refractivity contribution < 1.29 is 4.74 Å². The minimum absolute atomic E-state index is 0.130. The molecule has 2 rings (SSSR count). The van der Waals surface area contributed by atoms with Crippen LogP contribution in [0.5, 0.6) is 0 Å². The maximum Gasteiger partial charge on any atom is 0.141 e. The van der Waals surface area contributed by atoms with Gasteiger partial charge in [0.2, 0.25) is 0 Å². The summed E-state index contributed by atoms with van der Waals surface area (Å²) in [6, 6.07) is 0. The fraction of sp³-hybridized carbons (Fsp3) is 0.846. The van der Waals surface area contributed by atoms with Crippen molar-refractivity contribution in [2.24, 2.45) is 11.7 Å². The first-order chi connectivity index (χ1) is 9.08. The van der Waals surface area contributed by atoms with Crippen LogP contribution >= 0.6 is 0 Å². The van der Waals surface area contributed by atoms with E-state index < -0.39 is 0 Å². The van der Waals surface area contributed by atoms with E-state index in [4.69, 9.17) is 10.5 Å². The number of nitrogens with zero attached hydrogens (tertiary/aromatic N) is 4. The standard InChI is InChI=1S/C13H25N5O/c1-10(2)5-18-13(15-9-16-18)8-17-6-11(3)19-12(4-14)7-17/h9-12H,4-8,14H2,1-3H3. The van der Waals surface area contributed by atoms with Gasteiger partial charge in [-0.3, -0.25) is 4.90 Å². The maximum absolute atomic E-state index is 5.77. The average molecular weight is 267 g/mol. The first-order valence-corrected chi connectivity index (χ1v) is 7.03. The van der Waals surface area contributed by atoms with E-state index in [1.165, 1.54) is 0 Å². The van der Waals surface area contributed by atoms with E-state index in [-0.39, 0.29) is 12.2 Å². The van der Waals surface area contributed by atoms with Crippen molar-refractivity contribution in [3.8, 4) is 0 Å². The van der Waals surface area contributed by atoms with Gasteiger partial charge in [0.05, 0.1) is 18.8 Å². The molecule has 1 aliphatic heterocycles. The number of morpholine rings is 1. The summed E-state index contributed by atoms with van der Waals surface area (Å²) in [7, 11) is 0. The van der Waals surface area contributed by atoms with E-state index in [0.29, 0.717) is 12.5 Å². The summed E-state index contributed by atoms with van der Waals surface area (Å²) < 4.78 is 7.77. The summed E-state index contributed by atoms with van der Waals surface area (Å²) in [6.07, 6.45) is 2.00. The third-order valence-electron chi connectivity index (χ3n) is 3.26. The highest BCUT2D eigenvalue weighted by molar-refractivity contribution is 4.87. The molecule has 0 aliphatic carbocycles. The highest BCUT2D eigenvalue weighted by atomic mass is 16.5. The second-order valence-corrected chi connectivity index (χ2v) is 5.75. The van der Waals surface area contributed by atoms with Crippen molar-refractivity contribution in [3.63, 3.8) is 0 Å². The van der Waals surface area contributed by atoms with Gasteiger partial charge < -0.3 is 10.5 Å². The normalized spacial score (nSPS) is 25.1. The molecule has 1 aliphatic rings. The minimum Gasteiger partial charge on any atom is -0.371 e. The molecular weight excluding hydrogens is 242 g/mol. The summed E-state index contributed by atoms with van der Waals surface area (Å²) in [5.74, 6) is 1.60. The van der Waals surface area contributed by atoms with E-state index in [1.807, 2.05) is 4.68 Å². The Kier molecular flexibility index (Phi) is 4.90. The number of rotatable bonds is 5. The Labute approximate surface area is 114 Å². The quantitative estimate of drug-likeness (QED) is 0.840. The van der Waals surface area contributed by atoms with Gasteiger partial charge in [0.25, 0.3) is 0 Å². The van der Waals surface area contributed by atoms with Crippen molar-refractivity contribution in [1.29, 1.82) is 0 Å². The Balaban J connectivity index is 1.98. The minimum atomic E-state index is 0.130. The van der Waals surface area contributed by atoms with Crippen LogP contribution in [0.1, 0.15) is 26.6 Å². The summed E-state index contributed by atoms with van der Waals surface area (Å²) in [5.41, 5.74) is 5.71. The van der Waals surface area contributed by atoms with Crippen LogP contribution in [0.4, 0.5) is 0 Å². The van der Waals surface area contributed by atoms with Gasteiger partial charge in [-0.25, -0.2) is 9.67 Å². The van der Waals surface area contributed by atoms with Gasteiger partial charge in [0.1, 0.15) is 12.2 Å². The zero-order valence-corrected chi connectivity index (χ0v) is 12.1. The third kappa shape index (κ3) is 3.99. The lowest BCUT2D eigenvalue weighted by molar-refractivity contribution is -0.0753. The van der Waals surface area contributed by atoms with Crippen LogP contribution < -0.4 is 5.73 Å². The van der Waals surface area contributed by atoms with Crippen molar-refractivity contribution in [1.82, 2.24) is 19.7 Å². The zero-order chi connectivity index (χ0) is 13.8. The molecule has 0 spiro atoms. The van der Waals surface area contributed by atoms with E-state index in [9.17, 15) is 0 Å². The molecule has 19 heavy (non-hydrogen) atoms. The highest BCUT2D eigenvalue weighted by Crippen LogP contribution is 2.13. The van der Waals surface area contributed by atoms with Gasteiger partial charge in [-0.2, -0.15) is 5.10 Å². The summed E-state index contributed by atoms with van der Waals surface area (Å²) in [6.45, 7) is 10.6. The zero-order valence-electron chi connectivity index (χ0n) is 12.1. The first-order valence-electron chi connectivity index (χ1n) is 7.03. The smallest absolute Gasteiger partial charge is 0.141 e. The number of nitrogens with two attached hydrogens (primary N) is 1. The molecule has 1 aromatic rings. The van der Waals surface area contributed by atoms with Gasteiger partial charge in [-0.05, 0) is 12.8 Å². The average Bonchev–Trinajstić information content (AvgIpc) is 2.75. The molecule has 1 fully saturated rings. The van der Waals surface area contributed by atoms with Crippen LogP contribution in [-0.4, -0.2) is 51.5 Å². The van der Waals surface area contributed by atoms with Crippen molar-refractivity contribution in [2.75, 3.05) is 19.6 Å². The number of hydrogen-bond donors (Lipinski definition) is 1. The van der Waals surface area contributed by atoms with Gasteiger partial charge in [0.15, 0.2) is 0 Å². The summed E-state index contributed by atoms with van der Waals surface area (Å²) in [4.78, 5) is 6.73.